The molecular formula is C24H22ClN3O. The summed E-state index contributed by atoms with van der Waals surface area (Å²) in [4.78, 5) is 12.6. The number of rotatable bonds is 4. The summed E-state index contributed by atoms with van der Waals surface area (Å²) in [6.07, 6.45) is 1.63. The number of carbonyl (C=O) groups excluding carboxylic acids is 1. The van der Waals surface area contributed by atoms with E-state index in [1.54, 1.807) is 6.08 Å². The lowest BCUT2D eigenvalue weighted by Crippen LogP contribution is -2.13. The van der Waals surface area contributed by atoms with E-state index < -0.39 is 5.91 Å². The molecule has 0 aliphatic rings. The van der Waals surface area contributed by atoms with Gasteiger partial charge >= 0.3 is 0 Å². The average Bonchev–Trinajstić information content (AvgIpc) is 2.97. The second kappa shape index (κ2) is 8.38. The van der Waals surface area contributed by atoms with Crippen molar-refractivity contribution in [3.63, 3.8) is 0 Å². The number of nitrogens with one attached hydrogen (secondary N) is 1. The SMILES string of the molecule is Cc1ccc(NC(=O)/C(C#N)=C\c2cc(C)n(-c3cccc(Cl)c3C)c2C)cc1. The molecule has 0 spiro atoms. The fourth-order valence-corrected chi connectivity index (χ4v) is 3.45. The summed E-state index contributed by atoms with van der Waals surface area (Å²) in [6.45, 7) is 7.90. The number of nitriles is 1. The van der Waals surface area contributed by atoms with Gasteiger partial charge in [0.1, 0.15) is 11.6 Å². The molecule has 2 aromatic carbocycles. The molecule has 0 fully saturated rings. The summed E-state index contributed by atoms with van der Waals surface area (Å²) in [7, 11) is 0. The normalized spacial score (nSPS) is 11.2. The minimum absolute atomic E-state index is 0.0497. The quantitative estimate of drug-likeness (QED) is 0.434. The largest absolute Gasteiger partial charge is 0.321 e. The van der Waals surface area contributed by atoms with Crippen molar-refractivity contribution in [1.82, 2.24) is 4.57 Å². The van der Waals surface area contributed by atoms with Crippen molar-refractivity contribution in [3.8, 4) is 11.8 Å². The molecule has 3 rings (SSSR count). The van der Waals surface area contributed by atoms with E-state index in [1.165, 1.54) is 0 Å². The van der Waals surface area contributed by atoms with Gasteiger partial charge in [-0.15, -0.1) is 0 Å². The van der Waals surface area contributed by atoms with Gasteiger partial charge in [0.25, 0.3) is 5.91 Å². The predicted octanol–water partition coefficient (Wildman–Crippen LogP) is 5.91. The number of halogens is 1. The van der Waals surface area contributed by atoms with Gasteiger partial charge in [-0.3, -0.25) is 4.79 Å². The minimum Gasteiger partial charge on any atom is -0.321 e. The smallest absolute Gasteiger partial charge is 0.266 e. The first-order chi connectivity index (χ1) is 13.8. The number of aromatic nitrogens is 1. The first-order valence-corrected chi connectivity index (χ1v) is 9.64. The topological polar surface area (TPSA) is 57.8 Å². The molecule has 1 heterocycles. The molecule has 0 aliphatic carbocycles. The van der Waals surface area contributed by atoms with Crippen LogP contribution in [0.3, 0.4) is 0 Å². The summed E-state index contributed by atoms with van der Waals surface area (Å²) in [5.74, 6) is -0.430. The van der Waals surface area contributed by atoms with Crippen molar-refractivity contribution in [2.75, 3.05) is 5.32 Å². The van der Waals surface area contributed by atoms with Crippen LogP contribution in [0.4, 0.5) is 5.69 Å². The molecule has 3 aromatic rings. The number of hydrogen-bond donors (Lipinski definition) is 1. The molecule has 0 atom stereocenters. The van der Waals surface area contributed by atoms with Gasteiger partial charge in [0.15, 0.2) is 0 Å². The number of amides is 1. The van der Waals surface area contributed by atoms with Crippen molar-refractivity contribution >= 4 is 29.3 Å². The summed E-state index contributed by atoms with van der Waals surface area (Å²) in [6, 6.07) is 17.2. The van der Waals surface area contributed by atoms with Gasteiger partial charge in [-0.25, -0.2) is 0 Å². The van der Waals surface area contributed by atoms with E-state index in [0.717, 1.165) is 33.8 Å². The van der Waals surface area contributed by atoms with Crippen LogP contribution in [0.25, 0.3) is 11.8 Å². The lowest BCUT2D eigenvalue weighted by atomic mass is 10.1. The second-order valence-electron chi connectivity index (χ2n) is 7.04. The van der Waals surface area contributed by atoms with Crippen molar-refractivity contribution in [1.29, 1.82) is 5.26 Å². The highest BCUT2D eigenvalue weighted by Gasteiger charge is 2.15. The van der Waals surface area contributed by atoms with Crippen molar-refractivity contribution < 1.29 is 4.79 Å². The third-order valence-corrected chi connectivity index (χ3v) is 5.33. The number of anilines is 1. The molecule has 0 bridgehead atoms. The fourth-order valence-electron chi connectivity index (χ4n) is 3.28. The summed E-state index contributed by atoms with van der Waals surface area (Å²) in [5.41, 5.74) is 6.51. The molecule has 5 heteroatoms. The summed E-state index contributed by atoms with van der Waals surface area (Å²) in [5, 5.41) is 13.0. The van der Waals surface area contributed by atoms with Crippen LogP contribution < -0.4 is 5.32 Å². The highest BCUT2D eigenvalue weighted by Crippen LogP contribution is 2.28. The Labute approximate surface area is 176 Å². The predicted molar refractivity (Wildman–Crippen MR) is 118 cm³/mol. The minimum atomic E-state index is -0.430. The molecule has 0 radical (unpaired) electrons. The van der Waals surface area contributed by atoms with E-state index in [-0.39, 0.29) is 5.57 Å². The van der Waals surface area contributed by atoms with Gasteiger partial charge < -0.3 is 9.88 Å². The van der Waals surface area contributed by atoms with Crippen LogP contribution in [-0.4, -0.2) is 10.5 Å². The first kappa shape index (κ1) is 20.4. The van der Waals surface area contributed by atoms with E-state index in [9.17, 15) is 10.1 Å². The van der Waals surface area contributed by atoms with Crippen LogP contribution >= 0.6 is 11.6 Å². The standard InChI is InChI=1S/C24H22ClN3O/c1-15-8-10-21(11-9-15)27-24(29)20(14-26)13-19-12-16(2)28(18(19)4)23-7-5-6-22(25)17(23)3/h5-13H,1-4H3,(H,27,29)/b20-13-. The van der Waals surface area contributed by atoms with E-state index in [1.807, 2.05) is 82.3 Å². The van der Waals surface area contributed by atoms with Crippen molar-refractivity contribution in [2.24, 2.45) is 0 Å². The van der Waals surface area contributed by atoms with Crippen LogP contribution in [-0.2, 0) is 4.79 Å². The lowest BCUT2D eigenvalue weighted by molar-refractivity contribution is -0.112. The Morgan fingerprint density at radius 1 is 1.10 bits per heavy atom. The maximum Gasteiger partial charge on any atom is 0.266 e. The van der Waals surface area contributed by atoms with Gasteiger partial charge in [-0.05, 0) is 75.2 Å². The molecule has 1 aromatic heterocycles. The number of hydrogen-bond acceptors (Lipinski definition) is 2. The third kappa shape index (κ3) is 4.26. The molecule has 0 unspecified atom stereocenters. The van der Waals surface area contributed by atoms with E-state index in [2.05, 4.69) is 9.88 Å². The van der Waals surface area contributed by atoms with E-state index >= 15 is 0 Å². The van der Waals surface area contributed by atoms with Crippen LogP contribution in [0.1, 0.15) is 28.1 Å². The Morgan fingerprint density at radius 3 is 2.45 bits per heavy atom. The Balaban J connectivity index is 1.96. The van der Waals surface area contributed by atoms with Crippen LogP contribution in [0, 0.1) is 39.0 Å². The van der Waals surface area contributed by atoms with Crippen LogP contribution in [0.5, 0.6) is 0 Å². The Hall–Kier alpha value is -3.29. The van der Waals surface area contributed by atoms with E-state index in [0.29, 0.717) is 10.7 Å². The molecule has 0 aliphatic heterocycles. The summed E-state index contributed by atoms with van der Waals surface area (Å²) < 4.78 is 2.08. The van der Waals surface area contributed by atoms with Gasteiger partial charge in [0.05, 0.1) is 0 Å². The van der Waals surface area contributed by atoms with Gasteiger partial charge in [-0.1, -0.05) is 35.4 Å². The van der Waals surface area contributed by atoms with Gasteiger partial charge in [0.2, 0.25) is 0 Å². The Bertz CT molecular complexity index is 1150. The Morgan fingerprint density at radius 2 is 1.79 bits per heavy atom. The number of nitrogens with zero attached hydrogens (tertiary/aromatic N) is 2. The second-order valence-corrected chi connectivity index (χ2v) is 7.44. The molecule has 1 amide bonds. The monoisotopic (exact) mass is 403 g/mol. The average molecular weight is 404 g/mol. The van der Waals surface area contributed by atoms with E-state index in [4.69, 9.17) is 11.6 Å². The summed E-state index contributed by atoms with van der Waals surface area (Å²) >= 11 is 6.29. The molecule has 1 N–H and O–H groups in total. The van der Waals surface area contributed by atoms with Crippen molar-refractivity contribution in [2.45, 2.75) is 27.7 Å². The zero-order chi connectivity index (χ0) is 21.1. The molecule has 0 saturated carbocycles. The third-order valence-electron chi connectivity index (χ3n) is 4.92. The number of benzene rings is 2. The fraction of sp³-hybridized carbons (Fsp3) is 0.167. The molecule has 4 nitrogen and oxygen atoms in total. The first-order valence-electron chi connectivity index (χ1n) is 9.26. The van der Waals surface area contributed by atoms with Crippen molar-refractivity contribution in [3.05, 3.63) is 87.2 Å². The zero-order valence-electron chi connectivity index (χ0n) is 16.9. The molecular weight excluding hydrogens is 382 g/mol. The Kier molecular flexibility index (Phi) is 5.91. The molecule has 146 valence electrons. The lowest BCUT2D eigenvalue weighted by Gasteiger charge is -2.13. The highest BCUT2D eigenvalue weighted by molar-refractivity contribution is 6.31. The van der Waals surface area contributed by atoms with Crippen LogP contribution in [0.15, 0.2) is 54.1 Å². The number of carbonyl (C=O) groups is 1. The zero-order valence-corrected chi connectivity index (χ0v) is 17.6. The number of aryl methyl sites for hydroxylation is 2. The van der Waals surface area contributed by atoms with Gasteiger partial charge in [-0.2, -0.15) is 5.26 Å². The van der Waals surface area contributed by atoms with Gasteiger partial charge in [0, 0.05) is 27.8 Å². The molecule has 0 saturated heterocycles. The van der Waals surface area contributed by atoms with Crippen LogP contribution in [0.2, 0.25) is 5.02 Å². The maximum atomic E-state index is 12.6. The highest BCUT2D eigenvalue weighted by atomic mass is 35.5. The maximum absolute atomic E-state index is 12.6. The molecule has 29 heavy (non-hydrogen) atoms.